The Kier molecular flexibility index (Phi) is 2.58. The fourth-order valence-corrected chi connectivity index (χ4v) is 1.09. The lowest BCUT2D eigenvalue weighted by Crippen LogP contribution is -2.10. The number of aromatic hydroxyl groups is 1. The minimum atomic E-state index is 0.348. The van der Waals surface area contributed by atoms with Crippen molar-refractivity contribution in [3.63, 3.8) is 0 Å². The van der Waals surface area contributed by atoms with Gasteiger partial charge in [0.2, 0.25) is 0 Å². The van der Waals surface area contributed by atoms with Crippen LogP contribution in [0.3, 0.4) is 0 Å². The van der Waals surface area contributed by atoms with Gasteiger partial charge in [0.05, 0.1) is 0 Å². The van der Waals surface area contributed by atoms with Crippen LogP contribution in [-0.4, -0.2) is 11.1 Å². The summed E-state index contributed by atoms with van der Waals surface area (Å²) < 4.78 is 0. The van der Waals surface area contributed by atoms with Gasteiger partial charge in [-0.05, 0) is 32.9 Å². The summed E-state index contributed by atoms with van der Waals surface area (Å²) in [5, 5.41) is 12.6. The molecule has 0 heterocycles. The molecule has 0 spiro atoms. The molecule has 1 aromatic carbocycles. The molecule has 66 valence electrons. The third kappa shape index (κ3) is 1.91. The molecule has 0 radical (unpaired) electrons. The Bertz CT molecular complexity index is 269. The Morgan fingerprint density at radius 2 is 2.00 bits per heavy atom. The van der Waals surface area contributed by atoms with Gasteiger partial charge < -0.3 is 10.4 Å². The average molecular weight is 165 g/mol. The molecule has 0 aliphatic carbocycles. The van der Waals surface area contributed by atoms with Crippen LogP contribution in [0.1, 0.15) is 19.4 Å². The molecule has 1 rings (SSSR count). The van der Waals surface area contributed by atoms with Crippen LogP contribution in [0.25, 0.3) is 0 Å². The van der Waals surface area contributed by atoms with E-state index in [0.29, 0.717) is 11.8 Å². The summed E-state index contributed by atoms with van der Waals surface area (Å²) in [6.45, 7) is 6.05. The van der Waals surface area contributed by atoms with Crippen molar-refractivity contribution in [2.75, 3.05) is 5.32 Å². The maximum Gasteiger partial charge on any atom is 0.120 e. The van der Waals surface area contributed by atoms with Crippen molar-refractivity contribution in [1.82, 2.24) is 0 Å². The van der Waals surface area contributed by atoms with Gasteiger partial charge in [-0.2, -0.15) is 0 Å². The zero-order chi connectivity index (χ0) is 9.14. The van der Waals surface area contributed by atoms with Crippen LogP contribution in [0.5, 0.6) is 5.75 Å². The van der Waals surface area contributed by atoms with Crippen molar-refractivity contribution in [2.24, 2.45) is 0 Å². The van der Waals surface area contributed by atoms with Crippen LogP contribution in [0, 0.1) is 6.92 Å². The first-order valence-corrected chi connectivity index (χ1v) is 4.16. The van der Waals surface area contributed by atoms with Crippen LogP contribution < -0.4 is 5.32 Å². The van der Waals surface area contributed by atoms with Gasteiger partial charge in [0.25, 0.3) is 0 Å². The van der Waals surface area contributed by atoms with Gasteiger partial charge in [-0.1, -0.05) is 6.07 Å². The standard InChI is InChI=1S/C10H15NO/c1-7(2)11-9-5-4-6-10(12)8(9)3/h4-7,11-12H,1-3H3. The Labute approximate surface area is 73.2 Å². The van der Waals surface area contributed by atoms with Crippen LogP contribution in [-0.2, 0) is 0 Å². The molecule has 2 nitrogen and oxygen atoms in total. The van der Waals surface area contributed by atoms with Gasteiger partial charge in [-0.15, -0.1) is 0 Å². The predicted octanol–water partition coefficient (Wildman–Crippen LogP) is 2.52. The number of nitrogens with one attached hydrogen (secondary N) is 1. The number of rotatable bonds is 2. The second kappa shape index (κ2) is 3.48. The van der Waals surface area contributed by atoms with E-state index in [9.17, 15) is 5.11 Å². The smallest absolute Gasteiger partial charge is 0.120 e. The Morgan fingerprint density at radius 1 is 1.33 bits per heavy atom. The van der Waals surface area contributed by atoms with Crippen molar-refractivity contribution in [2.45, 2.75) is 26.8 Å². The van der Waals surface area contributed by atoms with Crippen LogP contribution in [0.15, 0.2) is 18.2 Å². The molecule has 0 fully saturated rings. The summed E-state index contributed by atoms with van der Waals surface area (Å²) in [5.74, 6) is 0.348. The van der Waals surface area contributed by atoms with Crippen molar-refractivity contribution >= 4 is 5.69 Å². The van der Waals surface area contributed by atoms with E-state index in [1.54, 1.807) is 6.07 Å². The maximum atomic E-state index is 9.37. The second-order valence-corrected chi connectivity index (χ2v) is 3.25. The molecule has 0 bridgehead atoms. The van der Waals surface area contributed by atoms with Crippen molar-refractivity contribution in [3.05, 3.63) is 23.8 Å². The summed E-state index contributed by atoms with van der Waals surface area (Å²) in [7, 11) is 0. The highest BCUT2D eigenvalue weighted by molar-refractivity contribution is 5.56. The van der Waals surface area contributed by atoms with Gasteiger partial charge in [0, 0.05) is 17.3 Å². The maximum absolute atomic E-state index is 9.37. The summed E-state index contributed by atoms with van der Waals surface area (Å²) >= 11 is 0. The number of anilines is 1. The monoisotopic (exact) mass is 165 g/mol. The lowest BCUT2D eigenvalue weighted by molar-refractivity contribution is 0.471. The van der Waals surface area contributed by atoms with E-state index < -0.39 is 0 Å². The first kappa shape index (κ1) is 8.91. The zero-order valence-corrected chi connectivity index (χ0v) is 7.76. The molecule has 2 heteroatoms. The number of phenols is 1. The second-order valence-electron chi connectivity index (χ2n) is 3.25. The molecule has 0 amide bonds. The normalized spacial score (nSPS) is 10.3. The molecule has 0 saturated heterocycles. The van der Waals surface area contributed by atoms with Gasteiger partial charge in [-0.25, -0.2) is 0 Å². The van der Waals surface area contributed by atoms with Gasteiger partial charge in [-0.3, -0.25) is 0 Å². The molecule has 0 aliphatic heterocycles. The third-order valence-corrected chi connectivity index (χ3v) is 1.75. The minimum absolute atomic E-state index is 0.348. The summed E-state index contributed by atoms with van der Waals surface area (Å²) in [6.07, 6.45) is 0. The highest BCUT2D eigenvalue weighted by atomic mass is 16.3. The molecule has 0 aromatic heterocycles. The van der Waals surface area contributed by atoms with Crippen molar-refractivity contribution in [3.8, 4) is 5.75 Å². The number of benzene rings is 1. The molecular weight excluding hydrogens is 150 g/mol. The fourth-order valence-electron chi connectivity index (χ4n) is 1.09. The van der Waals surface area contributed by atoms with Gasteiger partial charge >= 0.3 is 0 Å². The lowest BCUT2D eigenvalue weighted by Gasteiger charge is -2.12. The predicted molar refractivity (Wildman–Crippen MR) is 51.6 cm³/mol. The van der Waals surface area contributed by atoms with E-state index in [2.05, 4.69) is 19.2 Å². The summed E-state index contributed by atoms with van der Waals surface area (Å²) in [4.78, 5) is 0. The highest BCUT2D eigenvalue weighted by Gasteiger charge is 2.02. The molecule has 12 heavy (non-hydrogen) atoms. The average Bonchev–Trinajstić information content (AvgIpc) is 1.98. The highest BCUT2D eigenvalue weighted by Crippen LogP contribution is 2.24. The van der Waals surface area contributed by atoms with E-state index in [1.807, 2.05) is 19.1 Å². The fraction of sp³-hybridized carbons (Fsp3) is 0.400. The number of hydrogen-bond acceptors (Lipinski definition) is 2. The first-order chi connectivity index (χ1) is 5.61. The van der Waals surface area contributed by atoms with E-state index >= 15 is 0 Å². The minimum Gasteiger partial charge on any atom is -0.508 e. The number of phenolic OH excluding ortho intramolecular Hbond substituents is 1. The van der Waals surface area contributed by atoms with Crippen molar-refractivity contribution < 1.29 is 5.11 Å². The van der Waals surface area contributed by atoms with Crippen LogP contribution >= 0.6 is 0 Å². The van der Waals surface area contributed by atoms with E-state index in [-0.39, 0.29) is 0 Å². The van der Waals surface area contributed by atoms with E-state index in [1.165, 1.54) is 0 Å². The van der Waals surface area contributed by atoms with Gasteiger partial charge in [0.15, 0.2) is 0 Å². The quantitative estimate of drug-likeness (QED) is 0.705. The Balaban J connectivity index is 2.92. The molecule has 0 aliphatic rings. The largest absolute Gasteiger partial charge is 0.508 e. The summed E-state index contributed by atoms with van der Waals surface area (Å²) in [5.41, 5.74) is 1.91. The van der Waals surface area contributed by atoms with Gasteiger partial charge in [0.1, 0.15) is 5.75 Å². The molecule has 0 atom stereocenters. The van der Waals surface area contributed by atoms with Crippen molar-refractivity contribution in [1.29, 1.82) is 0 Å². The Hall–Kier alpha value is -1.18. The third-order valence-electron chi connectivity index (χ3n) is 1.75. The zero-order valence-electron chi connectivity index (χ0n) is 7.76. The van der Waals surface area contributed by atoms with E-state index in [4.69, 9.17) is 0 Å². The first-order valence-electron chi connectivity index (χ1n) is 4.16. The molecule has 0 saturated carbocycles. The number of hydrogen-bond donors (Lipinski definition) is 2. The van der Waals surface area contributed by atoms with E-state index in [0.717, 1.165) is 11.3 Å². The lowest BCUT2D eigenvalue weighted by atomic mass is 10.1. The van der Waals surface area contributed by atoms with Crippen LogP contribution in [0.2, 0.25) is 0 Å². The topological polar surface area (TPSA) is 32.3 Å². The van der Waals surface area contributed by atoms with Crippen LogP contribution in [0.4, 0.5) is 5.69 Å². The molecule has 2 N–H and O–H groups in total. The Morgan fingerprint density at radius 3 is 2.58 bits per heavy atom. The SMILES string of the molecule is Cc1c(O)cccc1NC(C)C. The molecule has 0 unspecified atom stereocenters. The summed E-state index contributed by atoms with van der Waals surface area (Å²) in [6, 6.07) is 5.90. The molecule has 1 aromatic rings. The molecular formula is C10H15NO.